The summed E-state index contributed by atoms with van der Waals surface area (Å²) in [6.45, 7) is 2.01. The molecule has 3 aromatic rings. The van der Waals surface area contributed by atoms with Gasteiger partial charge in [0.1, 0.15) is 17.4 Å². The summed E-state index contributed by atoms with van der Waals surface area (Å²) in [5, 5.41) is 12.9. The van der Waals surface area contributed by atoms with E-state index < -0.39 is 0 Å². The van der Waals surface area contributed by atoms with Gasteiger partial charge >= 0.3 is 0 Å². The smallest absolute Gasteiger partial charge is 0.134 e. The Bertz CT molecular complexity index is 775. The minimum Gasteiger partial charge on any atom is -0.508 e. The number of pyridine rings is 1. The fourth-order valence-corrected chi connectivity index (χ4v) is 2.12. The predicted octanol–water partition coefficient (Wildman–Crippen LogP) is 3.55. The topological polar surface area (TPSA) is 70.9 Å². The first kappa shape index (κ1) is 14.0. The maximum atomic E-state index is 9.64. The van der Waals surface area contributed by atoms with Crippen LogP contribution in [0, 0.1) is 0 Å². The van der Waals surface area contributed by atoms with Crippen molar-refractivity contribution in [2.75, 3.05) is 5.32 Å². The molecule has 1 aromatic carbocycles. The fourth-order valence-electron chi connectivity index (χ4n) is 2.12. The number of hydrogen-bond acceptors (Lipinski definition) is 5. The normalized spacial score (nSPS) is 10.4. The molecule has 0 fully saturated rings. The first-order chi connectivity index (χ1) is 10.7. The summed E-state index contributed by atoms with van der Waals surface area (Å²) >= 11 is 0. The summed E-state index contributed by atoms with van der Waals surface area (Å²) in [5.41, 5.74) is 2.49. The third kappa shape index (κ3) is 3.20. The van der Waals surface area contributed by atoms with Crippen molar-refractivity contribution in [2.45, 2.75) is 13.3 Å². The molecule has 22 heavy (non-hydrogen) atoms. The van der Waals surface area contributed by atoms with E-state index in [0.29, 0.717) is 5.82 Å². The average Bonchev–Trinajstić information content (AvgIpc) is 2.55. The number of phenols is 1. The van der Waals surface area contributed by atoms with Gasteiger partial charge < -0.3 is 10.4 Å². The van der Waals surface area contributed by atoms with E-state index in [4.69, 9.17) is 0 Å². The molecule has 2 heterocycles. The van der Waals surface area contributed by atoms with Gasteiger partial charge in [-0.3, -0.25) is 4.98 Å². The van der Waals surface area contributed by atoms with Gasteiger partial charge in [-0.25, -0.2) is 9.97 Å². The second kappa shape index (κ2) is 6.22. The summed E-state index contributed by atoms with van der Waals surface area (Å²) in [5.74, 6) is 1.67. The van der Waals surface area contributed by atoms with Crippen molar-refractivity contribution in [1.82, 2.24) is 15.0 Å². The van der Waals surface area contributed by atoms with Crippen LogP contribution in [-0.4, -0.2) is 20.1 Å². The van der Waals surface area contributed by atoms with Crippen LogP contribution in [0.5, 0.6) is 5.75 Å². The molecule has 0 aliphatic heterocycles. The van der Waals surface area contributed by atoms with Gasteiger partial charge in [0.25, 0.3) is 0 Å². The van der Waals surface area contributed by atoms with E-state index in [1.54, 1.807) is 30.6 Å². The second-order valence-electron chi connectivity index (χ2n) is 4.83. The number of aromatic nitrogens is 3. The summed E-state index contributed by atoms with van der Waals surface area (Å²) in [6.07, 6.45) is 4.19. The number of anilines is 2. The predicted molar refractivity (Wildman–Crippen MR) is 86.0 cm³/mol. The standard InChI is InChI=1S/C17H16N4O/c1-2-16-20-15(12-5-3-7-14(22)9-12)10-17(21-16)19-13-6-4-8-18-11-13/h3-11,22H,2H2,1H3,(H,19,20,21). The van der Waals surface area contributed by atoms with E-state index in [2.05, 4.69) is 20.3 Å². The van der Waals surface area contributed by atoms with Crippen molar-refractivity contribution in [1.29, 1.82) is 0 Å². The summed E-state index contributed by atoms with van der Waals surface area (Å²) in [7, 11) is 0. The van der Waals surface area contributed by atoms with Crippen LogP contribution in [0.1, 0.15) is 12.7 Å². The lowest BCUT2D eigenvalue weighted by Gasteiger charge is -2.09. The maximum Gasteiger partial charge on any atom is 0.134 e. The number of benzene rings is 1. The van der Waals surface area contributed by atoms with Crippen molar-refractivity contribution >= 4 is 11.5 Å². The molecule has 5 heteroatoms. The van der Waals surface area contributed by atoms with Gasteiger partial charge in [-0.2, -0.15) is 0 Å². The SMILES string of the molecule is CCc1nc(Nc2cccnc2)cc(-c2cccc(O)c2)n1. The van der Waals surface area contributed by atoms with E-state index in [0.717, 1.165) is 29.2 Å². The minimum atomic E-state index is 0.218. The molecule has 0 atom stereocenters. The molecule has 110 valence electrons. The van der Waals surface area contributed by atoms with E-state index in [1.807, 2.05) is 31.2 Å². The van der Waals surface area contributed by atoms with Crippen LogP contribution in [0.15, 0.2) is 54.9 Å². The number of phenolic OH excluding ortho intramolecular Hbond substituents is 1. The van der Waals surface area contributed by atoms with Gasteiger partial charge in [0, 0.05) is 24.2 Å². The molecule has 0 unspecified atom stereocenters. The van der Waals surface area contributed by atoms with E-state index in [1.165, 1.54) is 0 Å². The van der Waals surface area contributed by atoms with E-state index in [-0.39, 0.29) is 5.75 Å². The van der Waals surface area contributed by atoms with Crippen LogP contribution in [0.25, 0.3) is 11.3 Å². The fraction of sp³-hybridized carbons (Fsp3) is 0.118. The van der Waals surface area contributed by atoms with Crippen LogP contribution in [0.2, 0.25) is 0 Å². The Morgan fingerprint density at radius 3 is 2.73 bits per heavy atom. The number of rotatable bonds is 4. The molecule has 0 bridgehead atoms. The molecule has 0 aliphatic carbocycles. The molecule has 0 saturated carbocycles. The highest BCUT2D eigenvalue weighted by Crippen LogP contribution is 2.24. The maximum absolute atomic E-state index is 9.64. The lowest BCUT2D eigenvalue weighted by atomic mass is 10.1. The Hall–Kier alpha value is -2.95. The first-order valence-corrected chi connectivity index (χ1v) is 7.09. The van der Waals surface area contributed by atoms with Crippen molar-refractivity contribution in [3.63, 3.8) is 0 Å². The third-order valence-corrected chi connectivity index (χ3v) is 3.16. The Labute approximate surface area is 128 Å². The van der Waals surface area contributed by atoms with Crippen LogP contribution in [0.3, 0.4) is 0 Å². The zero-order valence-corrected chi connectivity index (χ0v) is 12.2. The summed E-state index contributed by atoms with van der Waals surface area (Å²) in [4.78, 5) is 13.1. The largest absolute Gasteiger partial charge is 0.508 e. The van der Waals surface area contributed by atoms with Crippen molar-refractivity contribution in [2.24, 2.45) is 0 Å². The van der Waals surface area contributed by atoms with Crippen LogP contribution in [-0.2, 0) is 6.42 Å². The second-order valence-corrected chi connectivity index (χ2v) is 4.83. The van der Waals surface area contributed by atoms with Crippen molar-refractivity contribution in [3.8, 4) is 17.0 Å². The Morgan fingerprint density at radius 2 is 2.00 bits per heavy atom. The number of nitrogens with one attached hydrogen (secondary N) is 1. The lowest BCUT2D eigenvalue weighted by Crippen LogP contribution is -2.01. The number of aryl methyl sites for hydroxylation is 1. The molecule has 0 spiro atoms. The van der Waals surface area contributed by atoms with E-state index in [9.17, 15) is 5.11 Å². The molecule has 5 nitrogen and oxygen atoms in total. The van der Waals surface area contributed by atoms with Gasteiger partial charge in [0.05, 0.1) is 17.6 Å². The quantitative estimate of drug-likeness (QED) is 0.769. The van der Waals surface area contributed by atoms with Gasteiger partial charge in [-0.05, 0) is 24.3 Å². The van der Waals surface area contributed by atoms with Crippen LogP contribution >= 0.6 is 0 Å². The summed E-state index contributed by atoms with van der Waals surface area (Å²) < 4.78 is 0. The zero-order valence-electron chi connectivity index (χ0n) is 12.2. The van der Waals surface area contributed by atoms with Gasteiger partial charge in [-0.1, -0.05) is 19.1 Å². The molecule has 2 aromatic heterocycles. The molecule has 0 saturated heterocycles. The molecule has 3 rings (SSSR count). The lowest BCUT2D eigenvalue weighted by molar-refractivity contribution is 0.475. The van der Waals surface area contributed by atoms with E-state index >= 15 is 0 Å². The zero-order chi connectivity index (χ0) is 15.4. The van der Waals surface area contributed by atoms with Crippen LogP contribution < -0.4 is 5.32 Å². The van der Waals surface area contributed by atoms with Gasteiger partial charge in [0.2, 0.25) is 0 Å². The molecule has 0 aliphatic rings. The Morgan fingerprint density at radius 1 is 1.09 bits per heavy atom. The summed E-state index contributed by atoms with van der Waals surface area (Å²) in [6, 6.07) is 12.7. The number of nitrogens with zero attached hydrogens (tertiary/aromatic N) is 3. The molecular weight excluding hydrogens is 276 g/mol. The molecule has 2 N–H and O–H groups in total. The Kier molecular flexibility index (Phi) is 3.96. The first-order valence-electron chi connectivity index (χ1n) is 7.09. The molecular formula is C17H16N4O. The van der Waals surface area contributed by atoms with Crippen molar-refractivity contribution in [3.05, 3.63) is 60.7 Å². The van der Waals surface area contributed by atoms with Crippen LogP contribution in [0.4, 0.5) is 11.5 Å². The average molecular weight is 292 g/mol. The number of aromatic hydroxyl groups is 1. The molecule has 0 radical (unpaired) electrons. The van der Waals surface area contributed by atoms with Crippen molar-refractivity contribution < 1.29 is 5.11 Å². The van der Waals surface area contributed by atoms with Gasteiger partial charge in [0.15, 0.2) is 0 Å². The monoisotopic (exact) mass is 292 g/mol. The molecule has 0 amide bonds. The number of hydrogen-bond donors (Lipinski definition) is 2. The van der Waals surface area contributed by atoms with Gasteiger partial charge in [-0.15, -0.1) is 0 Å². The highest BCUT2D eigenvalue weighted by atomic mass is 16.3. The third-order valence-electron chi connectivity index (χ3n) is 3.16. The highest BCUT2D eigenvalue weighted by molar-refractivity contribution is 5.66. The Balaban J connectivity index is 1.99. The minimum absolute atomic E-state index is 0.218. The highest BCUT2D eigenvalue weighted by Gasteiger charge is 2.07.